The smallest absolute Gasteiger partial charge is 0.262 e. The molecule has 2 amide bonds. The first kappa shape index (κ1) is 19.7. The molecule has 0 saturated carbocycles. The molecule has 1 atom stereocenters. The number of nitrogens with zero attached hydrogens (tertiary/aromatic N) is 2. The SMILES string of the molecule is CC(C)CCNC(=O)[C@@H]1CC(F)(F)CN1C1CN(C(=O)c2ccccc2)C1. The van der Waals surface area contributed by atoms with E-state index in [2.05, 4.69) is 19.2 Å². The van der Waals surface area contributed by atoms with E-state index in [0.29, 0.717) is 31.1 Å². The van der Waals surface area contributed by atoms with Gasteiger partial charge in [-0.2, -0.15) is 0 Å². The van der Waals surface area contributed by atoms with Crippen molar-refractivity contribution in [2.45, 2.75) is 44.7 Å². The van der Waals surface area contributed by atoms with Gasteiger partial charge in [0.2, 0.25) is 5.91 Å². The van der Waals surface area contributed by atoms with Crippen molar-refractivity contribution in [3.05, 3.63) is 35.9 Å². The molecule has 0 unspecified atom stereocenters. The van der Waals surface area contributed by atoms with Gasteiger partial charge in [-0.1, -0.05) is 32.0 Å². The van der Waals surface area contributed by atoms with Crippen LogP contribution in [0.2, 0.25) is 0 Å². The van der Waals surface area contributed by atoms with Crippen LogP contribution in [-0.2, 0) is 4.79 Å². The monoisotopic (exact) mass is 379 g/mol. The lowest BCUT2D eigenvalue weighted by atomic mass is 10.0. The van der Waals surface area contributed by atoms with Crippen molar-refractivity contribution in [1.29, 1.82) is 0 Å². The van der Waals surface area contributed by atoms with Gasteiger partial charge in [0.1, 0.15) is 0 Å². The summed E-state index contributed by atoms with van der Waals surface area (Å²) < 4.78 is 28.0. The van der Waals surface area contributed by atoms with Crippen LogP contribution in [-0.4, -0.2) is 65.8 Å². The highest BCUT2D eigenvalue weighted by Crippen LogP contribution is 2.35. The Kier molecular flexibility index (Phi) is 5.79. The predicted molar refractivity (Wildman–Crippen MR) is 98.7 cm³/mol. The van der Waals surface area contributed by atoms with Crippen LogP contribution >= 0.6 is 0 Å². The number of alkyl halides is 2. The molecular weight excluding hydrogens is 352 g/mol. The number of carbonyl (C=O) groups excluding carboxylic acids is 2. The molecule has 7 heteroatoms. The van der Waals surface area contributed by atoms with E-state index in [1.54, 1.807) is 34.1 Å². The van der Waals surface area contributed by atoms with Gasteiger partial charge in [0.25, 0.3) is 11.8 Å². The summed E-state index contributed by atoms with van der Waals surface area (Å²) in [5.74, 6) is -2.86. The predicted octanol–water partition coefficient (Wildman–Crippen LogP) is 2.38. The van der Waals surface area contributed by atoms with Crippen molar-refractivity contribution in [3.8, 4) is 0 Å². The zero-order valence-electron chi connectivity index (χ0n) is 15.8. The van der Waals surface area contributed by atoms with E-state index < -0.39 is 24.9 Å². The molecule has 1 aromatic rings. The van der Waals surface area contributed by atoms with E-state index in [9.17, 15) is 18.4 Å². The summed E-state index contributed by atoms with van der Waals surface area (Å²) in [6.07, 6.45) is 0.362. The maximum atomic E-state index is 14.0. The van der Waals surface area contributed by atoms with Crippen molar-refractivity contribution in [2.24, 2.45) is 5.92 Å². The van der Waals surface area contributed by atoms with Crippen LogP contribution in [0, 0.1) is 5.92 Å². The Hall–Kier alpha value is -2.02. The summed E-state index contributed by atoms with van der Waals surface area (Å²) in [6, 6.07) is 7.88. The Morgan fingerprint density at radius 1 is 1.22 bits per heavy atom. The molecule has 0 aromatic heterocycles. The van der Waals surface area contributed by atoms with Gasteiger partial charge in [-0.05, 0) is 24.5 Å². The molecule has 2 aliphatic rings. The Bertz CT molecular complexity index is 675. The van der Waals surface area contributed by atoms with Crippen LogP contribution in [0.1, 0.15) is 37.0 Å². The number of benzene rings is 1. The lowest BCUT2D eigenvalue weighted by Crippen LogP contribution is -2.63. The number of rotatable bonds is 6. The largest absolute Gasteiger partial charge is 0.355 e. The lowest BCUT2D eigenvalue weighted by molar-refractivity contribution is -0.127. The van der Waals surface area contributed by atoms with E-state index in [1.165, 1.54) is 0 Å². The number of hydrogen-bond acceptors (Lipinski definition) is 3. The van der Waals surface area contributed by atoms with E-state index in [-0.39, 0.29) is 17.9 Å². The topological polar surface area (TPSA) is 52.7 Å². The number of halogens is 2. The first-order chi connectivity index (χ1) is 12.8. The summed E-state index contributed by atoms with van der Waals surface area (Å²) in [5.41, 5.74) is 0.589. The van der Waals surface area contributed by atoms with Gasteiger partial charge in [-0.15, -0.1) is 0 Å². The third-order valence-electron chi connectivity index (χ3n) is 5.27. The van der Waals surface area contributed by atoms with Gasteiger partial charge >= 0.3 is 0 Å². The van der Waals surface area contributed by atoms with Crippen LogP contribution in [0.5, 0.6) is 0 Å². The molecule has 0 spiro atoms. The average Bonchev–Trinajstić information content (AvgIpc) is 2.89. The Labute approximate surface area is 158 Å². The number of amides is 2. The van der Waals surface area contributed by atoms with Gasteiger partial charge < -0.3 is 10.2 Å². The Balaban J connectivity index is 1.58. The minimum absolute atomic E-state index is 0.101. The van der Waals surface area contributed by atoms with Crippen molar-refractivity contribution < 1.29 is 18.4 Å². The third-order valence-corrected chi connectivity index (χ3v) is 5.27. The average molecular weight is 379 g/mol. The highest BCUT2D eigenvalue weighted by Gasteiger charge is 2.52. The standard InChI is InChI=1S/C20H27F2N3O2/c1-14(2)8-9-23-18(26)17-10-20(21,22)13-25(17)16-11-24(12-16)19(27)15-6-4-3-5-7-15/h3-7,14,16-17H,8-13H2,1-2H3,(H,23,26)/t17-/m0/s1. The molecule has 0 radical (unpaired) electrons. The summed E-state index contributed by atoms with van der Waals surface area (Å²) in [4.78, 5) is 28.1. The zero-order valence-corrected chi connectivity index (χ0v) is 15.8. The van der Waals surface area contributed by atoms with E-state index in [4.69, 9.17) is 0 Å². The Morgan fingerprint density at radius 3 is 2.52 bits per heavy atom. The molecular formula is C20H27F2N3O2. The summed E-state index contributed by atoms with van der Waals surface area (Å²) >= 11 is 0. The summed E-state index contributed by atoms with van der Waals surface area (Å²) in [5, 5.41) is 2.79. The first-order valence-electron chi connectivity index (χ1n) is 9.52. The molecule has 2 saturated heterocycles. The lowest BCUT2D eigenvalue weighted by Gasteiger charge is -2.45. The minimum atomic E-state index is -2.87. The molecule has 2 fully saturated rings. The van der Waals surface area contributed by atoms with Crippen molar-refractivity contribution in [3.63, 3.8) is 0 Å². The second kappa shape index (κ2) is 7.92. The van der Waals surface area contributed by atoms with Crippen LogP contribution in [0.3, 0.4) is 0 Å². The van der Waals surface area contributed by atoms with Gasteiger partial charge in [0, 0.05) is 37.7 Å². The highest BCUT2D eigenvalue weighted by molar-refractivity contribution is 5.94. The maximum Gasteiger partial charge on any atom is 0.262 e. The van der Waals surface area contributed by atoms with Gasteiger partial charge in [-0.25, -0.2) is 8.78 Å². The molecule has 2 heterocycles. The fourth-order valence-corrected chi connectivity index (χ4v) is 3.66. The number of hydrogen-bond donors (Lipinski definition) is 1. The van der Waals surface area contributed by atoms with Gasteiger partial charge in [-0.3, -0.25) is 14.5 Å². The summed E-state index contributed by atoms with van der Waals surface area (Å²) in [7, 11) is 0. The maximum absolute atomic E-state index is 14.0. The summed E-state index contributed by atoms with van der Waals surface area (Å²) in [6.45, 7) is 4.92. The van der Waals surface area contributed by atoms with Crippen molar-refractivity contribution in [1.82, 2.24) is 15.1 Å². The number of likely N-dealkylation sites (tertiary alicyclic amines) is 2. The molecule has 3 rings (SSSR count). The molecule has 5 nitrogen and oxygen atoms in total. The van der Waals surface area contributed by atoms with Crippen LogP contribution in [0.25, 0.3) is 0 Å². The molecule has 148 valence electrons. The molecule has 2 aliphatic heterocycles. The van der Waals surface area contributed by atoms with E-state index in [1.807, 2.05) is 6.07 Å². The number of nitrogens with one attached hydrogen (secondary N) is 1. The van der Waals surface area contributed by atoms with Crippen LogP contribution < -0.4 is 5.32 Å². The van der Waals surface area contributed by atoms with Crippen LogP contribution in [0.4, 0.5) is 8.78 Å². The molecule has 1 N–H and O–H groups in total. The number of carbonyl (C=O) groups is 2. The van der Waals surface area contributed by atoms with Gasteiger partial charge in [0.15, 0.2) is 0 Å². The van der Waals surface area contributed by atoms with Crippen molar-refractivity contribution >= 4 is 11.8 Å². The van der Waals surface area contributed by atoms with Crippen molar-refractivity contribution in [2.75, 3.05) is 26.2 Å². The second-order valence-corrected chi connectivity index (χ2v) is 7.95. The van der Waals surface area contributed by atoms with Crippen LogP contribution in [0.15, 0.2) is 30.3 Å². The zero-order chi connectivity index (χ0) is 19.6. The fourth-order valence-electron chi connectivity index (χ4n) is 3.66. The highest BCUT2D eigenvalue weighted by atomic mass is 19.3. The van der Waals surface area contributed by atoms with E-state index >= 15 is 0 Å². The fraction of sp³-hybridized carbons (Fsp3) is 0.600. The molecule has 27 heavy (non-hydrogen) atoms. The third kappa shape index (κ3) is 4.64. The quantitative estimate of drug-likeness (QED) is 0.826. The first-order valence-corrected chi connectivity index (χ1v) is 9.52. The minimum Gasteiger partial charge on any atom is -0.355 e. The van der Waals surface area contributed by atoms with E-state index in [0.717, 1.165) is 6.42 Å². The molecule has 1 aromatic carbocycles. The molecule has 0 bridgehead atoms. The second-order valence-electron chi connectivity index (χ2n) is 7.95. The normalized spacial score (nSPS) is 22.7. The molecule has 0 aliphatic carbocycles. The van der Waals surface area contributed by atoms with Gasteiger partial charge in [0.05, 0.1) is 12.6 Å². The Morgan fingerprint density at radius 2 is 1.89 bits per heavy atom.